The Morgan fingerprint density at radius 2 is 1.64 bits per heavy atom. The van der Waals surface area contributed by atoms with Gasteiger partial charge >= 0.3 is 0 Å². The van der Waals surface area contributed by atoms with Gasteiger partial charge in [0.25, 0.3) is 5.91 Å². The largest absolute Gasteiger partial charge is 0.451 e. The average molecular weight is 296 g/mol. The standard InChI is InChI=1S/C17H13FN2O2/c18-12-3-1-11(2-4-12)15-9-10-16(22-15)17(21)20-14-7-5-13(19)6-8-14/h1-10H,19H2,(H,20,21). The number of carbonyl (C=O) groups excluding carboxylic acids is 1. The number of hydrogen-bond acceptors (Lipinski definition) is 3. The maximum absolute atomic E-state index is 12.9. The molecule has 1 aromatic heterocycles. The monoisotopic (exact) mass is 296 g/mol. The number of hydrogen-bond donors (Lipinski definition) is 2. The van der Waals surface area contributed by atoms with Gasteiger partial charge < -0.3 is 15.5 Å². The summed E-state index contributed by atoms with van der Waals surface area (Å²) in [6.07, 6.45) is 0. The van der Waals surface area contributed by atoms with Crippen LogP contribution < -0.4 is 11.1 Å². The highest BCUT2D eigenvalue weighted by Crippen LogP contribution is 2.23. The molecule has 3 rings (SSSR count). The summed E-state index contributed by atoms with van der Waals surface area (Å²) in [5.74, 6) is -0.00615. The van der Waals surface area contributed by atoms with Crippen LogP contribution in [-0.2, 0) is 0 Å². The minimum atomic E-state index is -0.363. The van der Waals surface area contributed by atoms with E-state index in [1.54, 1.807) is 48.5 Å². The van der Waals surface area contributed by atoms with Crippen LogP contribution in [0.25, 0.3) is 11.3 Å². The normalized spacial score (nSPS) is 10.4. The molecule has 0 atom stereocenters. The molecule has 4 nitrogen and oxygen atoms in total. The molecule has 0 radical (unpaired) electrons. The van der Waals surface area contributed by atoms with Crippen LogP contribution in [0.15, 0.2) is 65.1 Å². The SMILES string of the molecule is Nc1ccc(NC(=O)c2ccc(-c3ccc(F)cc3)o2)cc1. The molecule has 0 saturated heterocycles. The lowest BCUT2D eigenvalue weighted by Crippen LogP contribution is -2.10. The number of carbonyl (C=O) groups is 1. The predicted octanol–water partition coefficient (Wildman–Crippen LogP) is 3.92. The summed E-state index contributed by atoms with van der Waals surface area (Å²) in [4.78, 5) is 12.1. The first-order chi connectivity index (χ1) is 10.6. The zero-order valence-electron chi connectivity index (χ0n) is 11.5. The highest BCUT2D eigenvalue weighted by atomic mass is 19.1. The van der Waals surface area contributed by atoms with Crippen LogP contribution in [0.4, 0.5) is 15.8 Å². The van der Waals surface area contributed by atoms with Crippen molar-refractivity contribution in [3.63, 3.8) is 0 Å². The summed E-state index contributed by atoms with van der Waals surface area (Å²) in [6.45, 7) is 0. The zero-order valence-corrected chi connectivity index (χ0v) is 11.5. The maximum Gasteiger partial charge on any atom is 0.291 e. The summed E-state index contributed by atoms with van der Waals surface area (Å²) in [5, 5.41) is 2.71. The number of amides is 1. The second kappa shape index (κ2) is 5.73. The van der Waals surface area contributed by atoms with Crippen molar-refractivity contribution in [1.82, 2.24) is 0 Å². The van der Waals surface area contributed by atoms with E-state index < -0.39 is 0 Å². The van der Waals surface area contributed by atoms with E-state index in [2.05, 4.69) is 5.32 Å². The van der Waals surface area contributed by atoms with Crippen LogP contribution in [0, 0.1) is 5.82 Å². The molecule has 0 aliphatic heterocycles. The molecule has 0 saturated carbocycles. The van der Waals surface area contributed by atoms with E-state index in [9.17, 15) is 9.18 Å². The average Bonchev–Trinajstić information content (AvgIpc) is 3.00. The van der Waals surface area contributed by atoms with E-state index in [1.165, 1.54) is 12.1 Å². The Hall–Kier alpha value is -3.08. The smallest absolute Gasteiger partial charge is 0.291 e. The molecule has 3 N–H and O–H groups in total. The lowest BCUT2D eigenvalue weighted by Gasteiger charge is -2.03. The molecule has 0 aliphatic carbocycles. The summed E-state index contributed by atoms with van der Waals surface area (Å²) in [7, 11) is 0. The van der Waals surface area contributed by atoms with Gasteiger partial charge in [0.1, 0.15) is 11.6 Å². The third-order valence-corrected chi connectivity index (χ3v) is 3.13. The highest BCUT2D eigenvalue weighted by molar-refractivity contribution is 6.02. The van der Waals surface area contributed by atoms with Gasteiger partial charge in [-0.05, 0) is 60.7 Å². The summed E-state index contributed by atoms with van der Waals surface area (Å²) >= 11 is 0. The topological polar surface area (TPSA) is 68.3 Å². The van der Waals surface area contributed by atoms with Crippen molar-refractivity contribution in [2.24, 2.45) is 0 Å². The van der Waals surface area contributed by atoms with Crippen molar-refractivity contribution in [3.05, 3.63) is 72.2 Å². The lowest BCUT2D eigenvalue weighted by atomic mass is 10.2. The summed E-state index contributed by atoms with van der Waals surface area (Å²) in [5.41, 5.74) is 7.53. The highest BCUT2D eigenvalue weighted by Gasteiger charge is 2.12. The first-order valence-electron chi connectivity index (χ1n) is 6.64. The van der Waals surface area contributed by atoms with Gasteiger partial charge in [0.15, 0.2) is 5.76 Å². The van der Waals surface area contributed by atoms with Crippen molar-refractivity contribution in [3.8, 4) is 11.3 Å². The van der Waals surface area contributed by atoms with Gasteiger partial charge in [-0.3, -0.25) is 4.79 Å². The number of anilines is 2. The van der Waals surface area contributed by atoms with Gasteiger partial charge in [0, 0.05) is 16.9 Å². The van der Waals surface area contributed by atoms with Gasteiger partial charge in [0.05, 0.1) is 0 Å². The number of benzene rings is 2. The Balaban J connectivity index is 1.76. The van der Waals surface area contributed by atoms with Gasteiger partial charge in [-0.25, -0.2) is 4.39 Å². The van der Waals surface area contributed by atoms with Gasteiger partial charge in [-0.2, -0.15) is 0 Å². The van der Waals surface area contributed by atoms with E-state index in [1.807, 2.05) is 0 Å². The fraction of sp³-hybridized carbons (Fsp3) is 0. The molecule has 0 spiro atoms. The minimum absolute atomic E-state index is 0.177. The molecule has 0 unspecified atom stereocenters. The van der Waals surface area contributed by atoms with Crippen molar-refractivity contribution >= 4 is 17.3 Å². The molecule has 110 valence electrons. The molecule has 0 fully saturated rings. The van der Waals surface area contributed by atoms with Crippen LogP contribution in [0.2, 0.25) is 0 Å². The summed E-state index contributed by atoms with van der Waals surface area (Å²) < 4.78 is 18.4. The Morgan fingerprint density at radius 1 is 0.955 bits per heavy atom. The Labute approximate surface area is 126 Å². The molecule has 3 aromatic rings. The molecule has 2 aromatic carbocycles. The van der Waals surface area contributed by atoms with E-state index in [0.717, 1.165) is 0 Å². The quantitative estimate of drug-likeness (QED) is 0.720. The molecule has 22 heavy (non-hydrogen) atoms. The first kappa shape index (κ1) is 13.9. The van der Waals surface area contributed by atoms with Crippen LogP contribution in [0.5, 0.6) is 0 Å². The first-order valence-corrected chi connectivity index (χ1v) is 6.64. The van der Waals surface area contributed by atoms with E-state index in [4.69, 9.17) is 10.2 Å². The van der Waals surface area contributed by atoms with Crippen LogP contribution in [0.3, 0.4) is 0 Å². The lowest BCUT2D eigenvalue weighted by molar-refractivity contribution is 0.0997. The fourth-order valence-electron chi connectivity index (χ4n) is 1.99. The Morgan fingerprint density at radius 3 is 2.32 bits per heavy atom. The number of nitrogens with one attached hydrogen (secondary N) is 1. The van der Waals surface area contributed by atoms with Crippen LogP contribution in [-0.4, -0.2) is 5.91 Å². The van der Waals surface area contributed by atoms with Gasteiger partial charge in [0.2, 0.25) is 0 Å². The van der Waals surface area contributed by atoms with Crippen molar-refractivity contribution in [1.29, 1.82) is 0 Å². The molecule has 1 heterocycles. The van der Waals surface area contributed by atoms with Crippen molar-refractivity contribution < 1.29 is 13.6 Å². The molecule has 0 aliphatic rings. The van der Waals surface area contributed by atoms with Crippen LogP contribution in [0.1, 0.15) is 10.6 Å². The summed E-state index contributed by atoms with van der Waals surface area (Å²) in [6, 6.07) is 15.9. The molecule has 0 bridgehead atoms. The number of furan rings is 1. The number of nitrogen functional groups attached to an aromatic ring is 1. The van der Waals surface area contributed by atoms with E-state index in [0.29, 0.717) is 22.7 Å². The van der Waals surface area contributed by atoms with Crippen molar-refractivity contribution in [2.45, 2.75) is 0 Å². The second-order valence-corrected chi connectivity index (χ2v) is 4.75. The fourth-order valence-corrected chi connectivity index (χ4v) is 1.99. The van der Waals surface area contributed by atoms with Crippen LogP contribution >= 0.6 is 0 Å². The number of halogens is 1. The molecular formula is C17H13FN2O2. The van der Waals surface area contributed by atoms with E-state index >= 15 is 0 Å². The third kappa shape index (κ3) is 2.98. The zero-order chi connectivity index (χ0) is 15.5. The third-order valence-electron chi connectivity index (χ3n) is 3.13. The molecule has 1 amide bonds. The second-order valence-electron chi connectivity index (χ2n) is 4.75. The predicted molar refractivity (Wildman–Crippen MR) is 82.9 cm³/mol. The Kier molecular flexibility index (Phi) is 3.62. The van der Waals surface area contributed by atoms with Gasteiger partial charge in [-0.15, -0.1) is 0 Å². The minimum Gasteiger partial charge on any atom is -0.451 e. The molecule has 5 heteroatoms. The number of nitrogens with two attached hydrogens (primary N) is 1. The maximum atomic E-state index is 12.9. The number of rotatable bonds is 3. The van der Waals surface area contributed by atoms with Crippen molar-refractivity contribution in [2.75, 3.05) is 11.1 Å². The Bertz CT molecular complexity index is 792. The molecular weight excluding hydrogens is 283 g/mol. The van der Waals surface area contributed by atoms with Gasteiger partial charge in [-0.1, -0.05) is 0 Å². The van der Waals surface area contributed by atoms with E-state index in [-0.39, 0.29) is 17.5 Å².